The van der Waals surface area contributed by atoms with Crippen LogP contribution in [0.15, 0.2) is 60.8 Å². The number of nitrogens with zero attached hydrogens (tertiary/aromatic N) is 4. The number of carbonyl (C=O) groups is 1. The third-order valence-electron chi connectivity index (χ3n) is 3.49. The Hall–Kier alpha value is -3.46. The maximum absolute atomic E-state index is 12.1. The Labute approximate surface area is 139 Å². The SMILES string of the molecule is N#Cc1cccc(C(=O)NCCn2cc(-c3ccccc3)nn2)c1. The van der Waals surface area contributed by atoms with Gasteiger partial charge in [0.25, 0.3) is 5.91 Å². The van der Waals surface area contributed by atoms with Gasteiger partial charge in [0, 0.05) is 17.7 Å². The van der Waals surface area contributed by atoms with Crippen molar-refractivity contribution in [3.8, 4) is 17.3 Å². The van der Waals surface area contributed by atoms with E-state index in [1.165, 1.54) is 0 Å². The van der Waals surface area contributed by atoms with Crippen molar-refractivity contribution in [1.82, 2.24) is 20.3 Å². The molecule has 0 aliphatic heterocycles. The van der Waals surface area contributed by atoms with Gasteiger partial charge in [0.15, 0.2) is 0 Å². The topological polar surface area (TPSA) is 83.6 Å². The van der Waals surface area contributed by atoms with Gasteiger partial charge in [-0.2, -0.15) is 5.26 Å². The maximum atomic E-state index is 12.1. The van der Waals surface area contributed by atoms with Gasteiger partial charge in [-0.05, 0) is 18.2 Å². The number of rotatable bonds is 5. The van der Waals surface area contributed by atoms with Crippen molar-refractivity contribution >= 4 is 5.91 Å². The summed E-state index contributed by atoms with van der Waals surface area (Å²) in [6, 6.07) is 18.4. The predicted octanol–water partition coefficient (Wildman–Crippen LogP) is 2.25. The second-order valence-corrected chi connectivity index (χ2v) is 5.18. The van der Waals surface area contributed by atoms with E-state index in [2.05, 4.69) is 15.6 Å². The normalized spacial score (nSPS) is 10.1. The molecule has 0 aliphatic rings. The average Bonchev–Trinajstić information content (AvgIpc) is 3.11. The largest absolute Gasteiger partial charge is 0.350 e. The fraction of sp³-hybridized carbons (Fsp3) is 0.111. The lowest BCUT2D eigenvalue weighted by molar-refractivity contribution is 0.0952. The van der Waals surface area contributed by atoms with E-state index in [-0.39, 0.29) is 5.91 Å². The van der Waals surface area contributed by atoms with Crippen molar-refractivity contribution in [1.29, 1.82) is 5.26 Å². The lowest BCUT2D eigenvalue weighted by Gasteiger charge is -2.05. The number of hydrogen-bond donors (Lipinski definition) is 1. The molecule has 0 unspecified atom stereocenters. The van der Waals surface area contributed by atoms with Crippen LogP contribution < -0.4 is 5.32 Å². The van der Waals surface area contributed by atoms with E-state index in [9.17, 15) is 4.79 Å². The van der Waals surface area contributed by atoms with Crippen molar-refractivity contribution in [3.05, 3.63) is 71.9 Å². The van der Waals surface area contributed by atoms with Crippen LogP contribution in [0.4, 0.5) is 0 Å². The Morgan fingerprint density at radius 1 is 1.17 bits per heavy atom. The highest BCUT2D eigenvalue weighted by atomic mass is 16.1. The molecule has 1 aromatic heterocycles. The summed E-state index contributed by atoms with van der Waals surface area (Å²) in [5, 5.41) is 19.9. The number of aromatic nitrogens is 3. The summed E-state index contributed by atoms with van der Waals surface area (Å²) in [6.45, 7) is 0.941. The Kier molecular flexibility index (Phi) is 4.63. The molecule has 1 N–H and O–H groups in total. The van der Waals surface area contributed by atoms with Gasteiger partial charge in [0.1, 0.15) is 5.69 Å². The van der Waals surface area contributed by atoms with E-state index < -0.39 is 0 Å². The van der Waals surface area contributed by atoms with Crippen LogP contribution in [0, 0.1) is 11.3 Å². The van der Waals surface area contributed by atoms with Crippen molar-refractivity contribution < 1.29 is 4.79 Å². The Morgan fingerprint density at radius 2 is 2.00 bits per heavy atom. The standard InChI is InChI=1S/C18H15N5O/c19-12-14-5-4-8-16(11-14)18(24)20-9-10-23-13-17(21-22-23)15-6-2-1-3-7-15/h1-8,11,13H,9-10H2,(H,20,24). The molecule has 2 aromatic carbocycles. The van der Waals surface area contributed by atoms with Crippen molar-refractivity contribution in [2.24, 2.45) is 0 Å². The average molecular weight is 317 g/mol. The molecule has 0 saturated carbocycles. The summed E-state index contributed by atoms with van der Waals surface area (Å²) < 4.78 is 1.69. The molecule has 118 valence electrons. The molecule has 0 spiro atoms. The molecular formula is C18H15N5O. The molecule has 0 atom stereocenters. The van der Waals surface area contributed by atoms with Gasteiger partial charge >= 0.3 is 0 Å². The number of benzene rings is 2. The summed E-state index contributed by atoms with van der Waals surface area (Å²) in [4.78, 5) is 12.1. The van der Waals surface area contributed by atoms with Crippen LogP contribution in [0.3, 0.4) is 0 Å². The van der Waals surface area contributed by atoms with Crippen LogP contribution in [-0.2, 0) is 6.54 Å². The van der Waals surface area contributed by atoms with Crippen molar-refractivity contribution in [2.45, 2.75) is 6.54 Å². The number of amides is 1. The van der Waals surface area contributed by atoms with Gasteiger partial charge in [-0.25, -0.2) is 0 Å². The lowest BCUT2D eigenvalue weighted by Crippen LogP contribution is -2.27. The minimum atomic E-state index is -0.213. The molecule has 1 amide bonds. The predicted molar refractivity (Wildman–Crippen MR) is 88.9 cm³/mol. The van der Waals surface area contributed by atoms with E-state index in [4.69, 9.17) is 5.26 Å². The first-order valence-corrected chi connectivity index (χ1v) is 7.50. The molecule has 0 fully saturated rings. The number of nitriles is 1. The van der Waals surface area contributed by atoms with Gasteiger partial charge in [0.2, 0.25) is 0 Å². The third kappa shape index (κ3) is 3.65. The van der Waals surface area contributed by atoms with Gasteiger partial charge < -0.3 is 5.32 Å². The highest BCUT2D eigenvalue weighted by Gasteiger charge is 2.07. The van der Waals surface area contributed by atoms with Gasteiger partial charge in [-0.3, -0.25) is 9.48 Å². The first-order chi connectivity index (χ1) is 11.8. The van der Waals surface area contributed by atoms with E-state index in [1.807, 2.05) is 42.6 Å². The molecule has 3 aromatic rings. The number of nitrogens with one attached hydrogen (secondary N) is 1. The fourth-order valence-corrected chi connectivity index (χ4v) is 2.26. The number of carbonyl (C=O) groups excluding carboxylic acids is 1. The van der Waals surface area contributed by atoms with E-state index in [0.717, 1.165) is 11.3 Å². The summed E-state index contributed by atoms with van der Waals surface area (Å²) in [6.07, 6.45) is 1.85. The zero-order chi connectivity index (χ0) is 16.8. The van der Waals surface area contributed by atoms with Crippen LogP contribution >= 0.6 is 0 Å². The highest BCUT2D eigenvalue weighted by Crippen LogP contribution is 2.14. The minimum absolute atomic E-state index is 0.213. The zero-order valence-electron chi connectivity index (χ0n) is 12.9. The van der Waals surface area contributed by atoms with Gasteiger partial charge in [-0.1, -0.05) is 41.6 Å². The molecule has 0 bridgehead atoms. The summed E-state index contributed by atoms with van der Waals surface area (Å²) in [5.74, 6) is -0.213. The molecule has 6 nitrogen and oxygen atoms in total. The van der Waals surface area contributed by atoms with E-state index in [1.54, 1.807) is 28.9 Å². The molecular weight excluding hydrogens is 302 g/mol. The first-order valence-electron chi connectivity index (χ1n) is 7.50. The fourth-order valence-electron chi connectivity index (χ4n) is 2.26. The molecule has 0 saturated heterocycles. The Morgan fingerprint density at radius 3 is 2.79 bits per heavy atom. The first kappa shape index (κ1) is 15.4. The second-order valence-electron chi connectivity index (χ2n) is 5.18. The van der Waals surface area contributed by atoms with Crippen LogP contribution in [-0.4, -0.2) is 27.4 Å². The molecule has 0 aliphatic carbocycles. The zero-order valence-corrected chi connectivity index (χ0v) is 12.9. The maximum Gasteiger partial charge on any atom is 0.251 e. The van der Waals surface area contributed by atoms with Crippen molar-refractivity contribution in [3.63, 3.8) is 0 Å². The summed E-state index contributed by atoms with van der Waals surface area (Å²) >= 11 is 0. The van der Waals surface area contributed by atoms with E-state index >= 15 is 0 Å². The quantitative estimate of drug-likeness (QED) is 0.782. The molecule has 6 heteroatoms. The van der Waals surface area contributed by atoms with Crippen LogP contribution in [0.5, 0.6) is 0 Å². The Balaban J connectivity index is 1.56. The number of hydrogen-bond acceptors (Lipinski definition) is 4. The van der Waals surface area contributed by atoms with Gasteiger partial charge in [0.05, 0.1) is 24.4 Å². The van der Waals surface area contributed by atoms with Crippen LogP contribution in [0.2, 0.25) is 0 Å². The molecule has 3 rings (SSSR count). The summed E-state index contributed by atoms with van der Waals surface area (Å²) in [5.41, 5.74) is 2.73. The van der Waals surface area contributed by atoms with Crippen molar-refractivity contribution in [2.75, 3.05) is 6.54 Å². The van der Waals surface area contributed by atoms with E-state index in [0.29, 0.717) is 24.2 Å². The lowest BCUT2D eigenvalue weighted by atomic mass is 10.1. The Bertz CT molecular complexity index is 880. The molecule has 0 radical (unpaired) electrons. The van der Waals surface area contributed by atoms with Gasteiger partial charge in [-0.15, -0.1) is 5.10 Å². The highest BCUT2D eigenvalue weighted by molar-refractivity contribution is 5.94. The third-order valence-corrected chi connectivity index (χ3v) is 3.49. The monoisotopic (exact) mass is 317 g/mol. The van der Waals surface area contributed by atoms with Crippen LogP contribution in [0.25, 0.3) is 11.3 Å². The molecule has 24 heavy (non-hydrogen) atoms. The molecule has 1 heterocycles. The summed E-state index contributed by atoms with van der Waals surface area (Å²) in [7, 11) is 0. The minimum Gasteiger partial charge on any atom is -0.350 e. The second kappa shape index (κ2) is 7.20. The van der Waals surface area contributed by atoms with Crippen LogP contribution in [0.1, 0.15) is 15.9 Å². The smallest absolute Gasteiger partial charge is 0.251 e.